The first kappa shape index (κ1) is 18.6. The maximum absolute atomic E-state index is 12.5. The molecule has 1 amide bonds. The van der Waals surface area contributed by atoms with Crippen molar-refractivity contribution in [2.75, 3.05) is 13.1 Å². The molecule has 6 heteroatoms. The number of aromatic nitrogens is 2. The highest BCUT2D eigenvalue weighted by Gasteiger charge is 2.25. The number of likely N-dealkylation sites (tertiary alicyclic amines) is 1. The number of piperidine rings is 1. The summed E-state index contributed by atoms with van der Waals surface area (Å²) in [5.74, 6) is 0.467. The zero-order valence-electron chi connectivity index (χ0n) is 15.9. The molecule has 3 aromatic rings. The Morgan fingerprint density at radius 3 is 2.57 bits per heavy atom. The minimum atomic E-state index is -0.0609. The molecule has 3 heterocycles. The van der Waals surface area contributed by atoms with Gasteiger partial charge >= 0.3 is 0 Å². The summed E-state index contributed by atoms with van der Waals surface area (Å²) in [5.41, 5.74) is 2.70. The van der Waals surface area contributed by atoms with E-state index in [0.29, 0.717) is 12.5 Å². The fourth-order valence-corrected chi connectivity index (χ4v) is 4.40. The van der Waals surface area contributed by atoms with Crippen LogP contribution < -0.4 is 5.56 Å². The standard InChI is InChI=1S/C22H23N3O2S/c1-16-14-20(26)25(23-21(16)18-6-3-2-4-7-18)15-17-9-11-24(12-10-17)22(27)19-8-5-13-28-19/h2-8,13-14,17H,9-12,15H2,1H3. The van der Waals surface area contributed by atoms with Gasteiger partial charge in [0.05, 0.1) is 10.6 Å². The first-order chi connectivity index (χ1) is 13.6. The number of hydrogen-bond acceptors (Lipinski definition) is 4. The van der Waals surface area contributed by atoms with E-state index < -0.39 is 0 Å². The van der Waals surface area contributed by atoms with Crippen molar-refractivity contribution in [1.29, 1.82) is 0 Å². The van der Waals surface area contributed by atoms with Crippen LogP contribution in [0.25, 0.3) is 11.3 Å². The lowest BCUT2D eigenvalue weighted by Crippen LogP contribution is -2.40. The summed E-state index contributed by atoms with van der Waals surface area (Å²) in [4.78, 5) is 27.7. The van der Waals surface area contributed by atoms with E-state index in [1.165, 1.54) is 11.3 Å². The Labute approximate surface area is 168 Å². The zero-order chi connectivity index (χ0) is 19.5. The second-order valence-electron chi connectivity index (χ2n) is 7.28. The Hall–Kier alpha value is -2.73. The van der Waals surface area contributed by atoms with Crippen molar-refractivity contribution in [3.05, 3.63) is 74.7 Å². The summed E-state index contributed by atoms with van der Waals surface area (Å²) in [6.07, 6.45) is 1.78. The fraction of sp³-hybridized carbons (Fsp3) is 0.318. The van der Waals surface area contributed by atoms with E-state index in [1.54, 1.807) is 10.7 Å². The maximum Gasteiger partial charge on any atom is 0.267 e. The number of amides is 1. The van der Waals surface area contributed by atoms with Gasteiger partial charge in [-0.15, -0.1) is 11.3 Å². The lowest BCUT2D eigenvalue weighted by molar-refractivity contribution is 0.0685. The van der Waals surface area contributed by atoms with E-state index in [1.807, 2.05) is 59.7 Å². The molecule has 4 rings (SSSR count). The second kappa shape index (κ2) is 8.10. The average Bonchev–Trinajstić information content (AvgIpc) is 3.25. The molecule has 0 spiro atoms. The predicted molar refractivity (Wildman–Crippen MR) is 112 cm³/mol. The van der Waals surface area contributed by atoms with Crippen LogP contribution in [0.3, 0.4) is 0 Å². The molecule has 0 atom stereocenters. The summed E-state index contributed by atoms with van der Waals surface area (Å²) in [6.45, 7) is 3.98. The molecule has 2 aromatic heterocycles. The number of benzene rings is 1. The molecule has 0 saturated carbocycles. The molecule has 1 fully saturated rings. The van der Waals surface area contributed by atoms with Gasteiger partial charge < -0.3 is 4.90 Å². The van der Waals surface area contributed by atoms with Crippen LogP contribution in [0.15, 0.2) is 58.7 Å². The minimum absolute atomic E-state index is 0.0609. The van der Waals surface area contributed by atoms with Crippen molar-refractivity contribution in [1.82, 2.24) is 14.7 Å². The number of carbonyl (C=O) groups excluding carboxylic acids is 1. The van der Waals surface area contributed by atoms with Crippen molar-refractivity contribution in [3.8, 4) is 11.3 Å². The normalized spacial score (nSPS) is 15.0. The van der Waals surface area contributed by atoms with Crippen LogP contribution >= 0.6 is 11.3 Å². The van der Waals surface area contributed by atoms with Crippen molar-refractivity contribution < 1.29 is 4.79 Å². The fourth-order valence-electron chi connectivity index (χ4n) is 3.71. The summed E-state index contributed by atoms with van der Waals surface area (Å²) < 4.78 is 1.59. The van der Waals surface area contributed by atoms with E-state index in [2.05, 4.69) is 5.10 Å². The van der Waals surface area contributed by atoms with Gasteiger partial charge in [0.15, 0.2) is 0 Å². The molecule has 0 bridgehead atoms. The lowest BCUT2D eigenvalue weighted by Gasteiger charge is -2.31. The van der Waals surface area contributed by atoms with E-state index in [0.717, 1.165) is 47.6 Å². The average molecular weight is 394 g/mol. The van der Waals surface area contributed by atoms with E-state index in [9.17, 15) is 9.59 Å². The maximum atomic E-state index is 12.5. The minimum Gasteiger partial charge on any atom is -0.338 e. The number of hydrogen-bond donors (Lipinski definition) is 0. The Morgan fingerprint density at radius 1 is 1.14 bits per heavy atom. The Bertz CT molecular complexity index is 1000. The van der Waals surface area contributed by atoms with Crippen molar-refractivity contribution in [3.63, 3.8) is 0 Å². The van der Waals surface area contributed by atoms with Gasteiger partial charge in [-0.25, -0.2) is 4.68 Å². The van der Waals surface area contributed by atoms with Gasteiger partial charge in [0.25, 0.3) is 11.5 Å². The topological polar surface area (TPSA) is 55.2 Å². The van der Waals surface area contributed by atoms with E-state index in [4.69, 9.17) is 0 Å². The third kappa shape index (κ3) is 3.92. The Balaban J connectivity index is 1.45. The summed E-state index contributed by atoms with van der Waals surface area (Å²) in [6, 6.07) is 15.4. The van der Waals surface area contributed by atoms with Gasteiger partial charge in [-0.2, -0.15) is 5.10 Å². The first-order valence-corrected chi connectivity index (χ1v) is 10.5. The van der Waals surface area contributed by atoms with Crippen LogP contribution in [-0.4, -0.2) is 33.7 Å². The first-order valence-electron chi connectivity index (χ1n) is 9.59. The molecule has 1 aliphatic rings. The van der Waals surface area contributed by atoms with Gasteiger partial charge in [0.1, 0.15) is 0 Å². The highest BCUT2D eigenvalue weighted by atomic mass is 32.1. The van der Waals surface area contributed by atoms with Crippen LogP contribution in [0.1, 0.15) is 28.1 Å². The highest BCUT2D eigenvalue weighted by Crippen LogP contribution is 2.23. The molecule has 1 aliphatic heterocycles. The van der Waals surface area contributed by atoms with E-state index >= 15 is 0 Å². The molecule has 1 saturated heterocycles. The number of aryl methyl sites for hydroxylation is 1. The number of rotatable bonds is 4. The van der Waals surface area contributed by atoms with Gasteiger partial charge in [-0.05, 0) is 42.7 Å². The Kier molecular flexibility index (Phi) is 5.39. The molecule has 0 N–H and O–H groups in total. The Morgan fingerprint density at radius 2 is 1.89 bits per heavy atom. The van der Waals surface area contributed by atoms with Crippen LogP contribution in [0.5, 0.6) is 0 Å². The summed E-state index contributed by atoms with van der Waals surface area (Å²) >= 11 is 1.48. The lowest BCUT2D eigenvalue weighted by atomic mass is 9.96. The van der Waals surface area contributed by atoms with Crippen LogP contribution in [0.2, 0.25) is 0 Å². The number of carbonyl (C=O) groups is 1. The quantitative estimate of drug-likeness (QED) is 0.677. The summed E-state index contributed by atoms with van der Waals surface area (Å²) in [7, 11) is 0. The summed E-state index contributed by atoms with van der Waals surface area (Å²) in [5, 5.41) is 6.59. The van der Waals surface area contributed by atoms with Crippen molar-refractivity contribution in [2.24, 2.45) is 5.92 Å². The third-order valence-corrected chi connectivity index (χ3v) is 6.16. The zero-order valence-corrected chi connectivity index (χ0v) is 16.7. The molecule has 0 unspecified atom stereocenters. The molecular weight excluding hydrogens is 370 g/mol. The number of nitrogens with zero attached hydrogens (tertiary/aromatic N) is 3. The molecule has 0 aliphatic carbocycles. The van der Waals surface area contributed by atoms with Crippen molar-refractivity contribution >= 4 is 17.2 Å². The SMILES string of the molecule is Cc1cc(=O)n(CC2CCN(C(=O)c3cccs3)CC2)nc1-c1ccccc1. The van der Waals surface area contributed by atoms with Crippen LogP contribution in [0.4, 0.5) is 0 Å². The third-order valence-electron chi connectivity index (χ3n) is 5.30. The monoisotopic (exact) mass is 393 g/mol. The van der Waals surface area contributed by atoms with Gasteiger partial charge in [-0.1, -0.05) is 36.4 Å². The molecule has 0 radical (unpaired) electrons. The largest absolute Gasteiger partial charge is 0.338 e. The van der Waals surface area contributed by atoms with Crippen molar-refractivity contribution in [2.45, 2.75) is 26.3 Å². The van der Waals surface area contributed by atoms with E-state index in [-0.39, 0.29) is 11.5 Å². The molecule has 5 nitrogen and oxygen atoms in total. The van der Waals surface area contributed by atoms with Gasteiger partial charge in [-0.3, -0.25) is 9.59 Å². The predicted octanol–water partition coefficient (Wildman–Crippen LogP) is 3.83. The molecular formula is C22H23N3O2S. The van der Waals surface area contributed by atoms with Gasteiger partial charge in [0, 0.05) is 31.3 Å². The van der Waals surface area contributed by atoms with Gasteiger partial charge in [0.2, 0.25) is 0 Å². The second-order valence-corrected chi connectivity index (χ2v) is 8.22. The molecule has 1 aromatic carbocycles. The molecule has 28 heavy (non-hydrogen) atoms. The number of thiophene rings is 1. The highest BCUT2D eigenvalue weighted by molar-refractivity contribution is 7.12. The van der Waals surface area contributed by atoms with Crippen LogP contribution in [0, 0.1) is 12.8 Å². The smallest absolute Gasteiger partial charge is 0.267 e. The van der Waals surface area contributed by atoms with Crippen LogP contribution in [-0.2, 0) is 6.54 Å². The molecule has 144 valence electrons.